The molecule has 0 bridgehead atoms. The van der Waals surface area contributed by atoms with Gasteiger partial charge in [-0.1, -0.05) is 11.6 Å². The number of carbonyl (C=O) groups is 1. The van der Waals surface area contributed by atoms with Gasteiger partial charge in [0.25, 0.3) is 0 Å². The van der Waals surface area contributed by atoms with Crippen LogP contribution in [0.1, 0.15) is 19.8 Å². The second-order valence-corrected chi connectivity index (χ2v) is 7.04. The number of carbonyl (C=O) groups excluding carboxylic acids is 1. The molecule has 1 amide bonds. The zero-order valence-electron chi connectivity index (χ0n) is 14.7. The van der Waals surface area contributed by atoms with E-state index in [1.54, 1.807) is 16.7 Å². The van der Waals surface area contributed by atoms with Crippen LogP contribution in [-0.4, -0.2) is 24.8 Å². The highest BCUT2D eigenvalue weighted by Gasteiger charge is 2.15. The summed E-state index contributed by atoms with van der Waals surface area (Å²) in [4.78, 5) is 15.4. The second-order valence-electron chi connectivity index (χ2n) is 5.43. The first-order valence-corrected chi connectivity index (χ1v) is 9.79. The molecule has 0 saturated heterocycles. The minimum absolute atomic E-state index is 0.00544. The maximum atomic E-state index is 12.7. The van der Waals surface area contributed by atoms with Crippen molar-refractivity contribution in [1.82, 2.24) is 0 Å². The highest BCUT2D eigenvalue weighted by molar-refractivity contribution is 7.99. The van der Waals surface area contributed by atoms with E-state index in [-0.39, 0.29) is 5.91 Å². The number of rotatable bonds is 9. The van der Waals surface area contributed by atoms with E-state index >= 15 is 0 Å². The molecule has 2 rings (SSSR count). The van der Waals surface area contributed by atoms with Gasteiger partial charge in [0.2, 0.25) is 5.91 Å². The molecule has 4 nitrogen and oxygen atoms in total. The number of benzene rings is 2. The summed E-state index contributed by atoms with van der Waals surface area (Å²) in [5.41, 5.74) is 0.783. The summed E-state index contributed by atoms with van der Waals surface area (Å²) in [5, 5.41) is 9.58. The van der Waals surface area contributed by atoms with Gasteiger partial charge < -0.3 is 9.64 Å². The molecule has 26 heavy (non-hydrogen) atoms. The Morgan fingerprint density at radius 2 is 1.88 bits per heavy atom. The van der Waals surface area contributed by atoms with E-state index in [4.69, 9.17) is 21.6 Å². The van der Waals surface area contributed by atoms with Crippen molar-refractivity contribution in [2.45, 2.75) is 24.7 Å². The summed E-state index contributed by atoms with van der Waals surface area (Å²) in [6.07, 6.45) is 0.690. The number of hydrogen-bond donors (Lipinski definition) is 0. The van der Waals surface area contributed by atoms with Gasteiger partial charge in [0, 0.05) is 34.3 Å². The number of thioether (sulfide) groups is 1. The molecule has 2 aromatic carbocycles. The third-order valence-corrected chi connectivity index (χ3v) is 4.87. The van der Waals surface area contributed by atoms with Gasteiger partial charge >= 0.3 is 0 Å². The fraction of sp³-hybridized carbons (Fsp3) is 0.300. The van der Waals surface area contributed by atoms with Gasteiger partial charge in [0.05, 0.1) is 19.1 Å². The zero-order chi connectivity index (χ0) is 18.8. The van der Waals surface area contributed by atoms with E-state index in [0.29, 0.717) is 36.8 Å². The molecule has 2 aromatic rings. The van der Waals surface area contributed by atoms with Crippen LogP contribution in [0.15, 0.2) is 53.4 Å². The van der Waals surface area contributed by atoms with E-state index in [1.165, 1.54) is 0 Å². The Morgan fingerprint density at radius 1 is 1.19 bits per heavy atom. The SMILES string of the molecule is CCOc1ccc(N(CCC#N)C(=O)CCSc2ccc(Cl)cc2)cc1. The van der Waals surface area contributed by atoms with Crippen molar-refractivity contribution in [3.8, 4) is 11.8 Å². The number of amides is 1. The van der Waals surface area contributed by atoms with Gasteiger partial charge in [-0.15, -0.1) is 11.8 Å². The Bertz CT molecular complexity index is 742. The lowest BCUT2D eigenvalue weighted by atomic mass is 10.2. The molecular weight excluding hydrogens is 368 g/mol. The van der Waals surface area contributed by atoms with Gasteiger partial charge in [-0.3, -0.25) is 4.79 Å². The molecule has 0 fully saturated rings. The van der Waals surface area contributed by atoms with Crippen LogP contribution in [0.3, 0.4) is 0 Å². The Morgan fingerprint density at radius 3 is 2.50 bits per heavy atom. The van der Waals surface area contributed by atoms with Crippen LogP contribution in [-0.2, 0) is 4.79 Å². The van der Waals surface area contributed by atoms with Crippen molar-refractivity contribution in [3.63, 3.8) is 0 Å². The summed E-state index contributed by atoms with van der Waals surface area (Å²) in [6, 6.07) is 17.1. The molecule has 0 saturated carbocycles. The number of hydrogen-bond acceptors (Lipinski definition) is 4. The Kier molecular flexibility index (Phi) is 8.33. The third-order valence-electron chi connectivity index (χ3n) is 3.61. The predicted molar refractivity (Wildman–Crippen MR) is 107 cm³/mol. The molecule has 0 aliphatic rings. The lowest BCUT2D eigenvalue weighted by molar-refractivity contribution is -0.118. The second kappa shape index (κ2) is 10.7. The monoisotopic (exact) mass is 388 g/mol. The Labute approximate surface area is 163 Å². The minimum atomic E-state index is 0.00544. The molecule has 0 spiro atoms. The molecule has 0 aromatic heterocycles. The normalized spacial score (nSPS) is 10.2. The van der Waals surface area contributed by atoms with Gasteiger partial charge in [0.15, 0.2) is 0 Å². The van der Waals surface area contributed by atoms with Crippen molar-refractivity contribution < 1.29 is 9.53 Å². The van der Waals surface area contributed by atoms with Crippen molar-refractivity contribution >= 4 is 35.0 Å². The maximum absolute atomic E-state index is 12.7. The molecule has 0 unspecified atom stereocenters. The average Bonchev–Trinajstić information content (AvgIpc) is 2.65. The van der Waals surface area contributed by atoms with Crippen molar-refractivity contribution in [1.29, 1.82) is 5.26 Å². The van der Waals surface area contributed by atoms with Crippen LogP contribution >= 0.6 is 23.4 Å². The van der Waals surface area contributed by atoms with Gasteiger partial charge in [-0.2, -0.15) is 5.26 Å². The molecule has 136 valence electrons. The highest BCUT2D eigenvalue weighted by Crippen LogP contribution is 2.23. The molecule has 6 heteroatoms. The van der Waals surface area contributed by atoms with Crippen LogP contribution in [0.4, 0.5) is 5.69 Å². The van der Waals surface area contributed by atoms with E-state index in [0.717, 1.165) is 16.3 Å². The molecule has 0 radical (unpaired) electrons. The number of nitriles is 1. The van der Waals surface area contributed by atoms with E-state index < -0.39 is 0 Å². The molecule has 0 heterocycles. The number of halogens is 1. The van der Waals surface area contributed by atoms with Crippen molar-refractivity contribution in [2.75, 3.05) is 23.8 Å². The fourth-order valence-electron chi connectivity index (χ4n) is 2.37. The summed E-state index contributed by atoms with van der Waals surface area (Å²) in [7, 11) is 0. The van der Waals surface area contributed by atoms with E-state index in [9.17, 15) is 4.79 Å². The molecular formula is C20H21ClN2O2S. The zero-order valence-corrected chi connectivity index (χ0v) is 16.2. The van der Waals surface area contributed by atoms with Crippen molar-refractivity contribution in [3.05, 3.63) is 53.6 Å². The molecule has 0 aliphatic carbocycles. The van der Waals surface area contributed by atoms with Crippen LogP contribution in [0.25, 0.3) is 0 Å². The topological polar surface area (TPSA) is 53.3 Å². The molecule has 0 aliphatic heterocycles. The lowest BCUT2D eigenvalue weighted by Crippen LogP contribution is -2.32. The van der Waals surface area contributed by atoms with Crippen LogP contribution in [0.2, 0.25) is 5.02 Å². The Hall–Kier alpha value is -2.16. The van der Waals surface area contributed by atoms with Crippen LogP contribution in [0.5, 0.6) is 5.75 Å². The predicted octanol–water partition coefficient (Wildman–Crippen LogP) is 5.17. The van der Waals surface area contributed by atoms with E-state index in [2.05, 4.69) is 6.07 Å². The Balaban J connectivity index is 1.97. The first-order chi connectivity index (χ1) is 12.6. The van der Waals surface area contributed by atoms with Crippen LogP contribution in [0, 0.1) is 11.3 Å². The fourth-order valence-corrected chi connectivity index (χ4v) is 3.34. The van der Waals surface area contributed by atoms with E-state index in [1.807, 2.05) is 55.5 Å². The average molecular weight is 389 g/mol. The molecule has 0 N–H and O–H groups in total. The van der Waals surface area contributed by atoms with Crippen LogP contribution < -0.4 is 9.64 Å². The standard InChI is InChI=1S/C20H21ClN2O2S/c1-2-25-18-8-6-17(7-9-18)23(14-3-13-22)20(24)12-15-26-19-10-4-16(21)5-11-19/h4-11H,2-3,12,14-15H2,1H3. The number of anilines is 1. The lowest BCUT2D eigenvalue weighted by Gasteiger charge is -2.22. The summed E-state index contributed by atoms with van der Waals surface area (Å²) >= 11 is 7.49. The highest BCUT2D eigenvalue weighted by atomic mass is 35.5. The summed E-state index contributed by atoms with van der Waals surface area (Å²) in [5.74, 6) is 1.44. The maximum Gasteiger partial charge on any atom is 0.227 e. The molecule has 0 atom stereocenters. The van der Waals surface area contributed by atoms with Gasteiger partial charge in [-0.05, 0) is 55.5 Å². The summed E-state index contributed by atoms with van der Waals surface area (Å²) in [6.45, 7) is 2.91. The first kappa shape index (κ1) is 20.2. The first-order valence-electron chi connectivity index (χ1n) is 8.42. The largest absolute Gasteiger partial charge is 0.494 e. The minimum Gasteiger partial charge on any atom is -0.494 e. The smallest absolute Gasteiger partial charge is 0.227 e. The number of nitrogens with zero attached hydrogens (tertiary/aromatic N) is 2. The van der Waals surface area contributed by atoms with Crippen molar-refractivity contribution in [2.24, 2.45) is 0 Å². The summed E-state index contributed by atoms with van der Waals surface area (Å²) < 4.78 is 5.44. The third kappa shape index (κ3) is 6.29. The van der Waals surface area contributed by atoms with Gasteiger partial charge in [-0.25, -0.2) is 0 Å². The van der Waals surface area contributed by atoms with Gasteiger partial charge in [0.1, 0.15) is 5.75 Å². The quantitative estimate of drug-likeness (QED) is 0.556. The number of ether oxygens (including phenoxy) is 1.